The van der Waals surface area contributed by atoms with E-state index in [1.807, 2.05) is 149 Å². The number of benzene rings is 12. The Bertz CT molecular complexity index is 5110. The van der Waals surface area contributed by atoms with E-state index in [0.717, 1.165) is 79.7 Å². The van der Waals surface area contributed by atoms with Crippen LogP contribution in [0.5, 0.6) is 0 Å². The van der Waals surface area contributed by atoms with Gasteiger partial charge in [0.15, 0.2) is 0 Å². The van der Waals surface area contributed by atoms with E-state index in [-0.39, 0.29) is 91.1 Å². The van der Waals surface area contributed by atoms with Crippen LogP contribution in [0.4, 0.5) is 45.5 Å². The fourth-order valence-corrected chi connectivity index (χ4v) is 15.9. The number of aliphatic imine (C=N–C) groups is 2. The minimum Gasteiger partial charge on any atom is -0.550 e. The second-order valence-electron chi connectivity index (χ2n) is 37.4. The van der Waals surface area contributed by atoms with Gasteiger partial charge in [0.2, 0.25) is 0 Å². The molecule has 0 N–H and O–H groups in total. The predicted molar refractivity (Wildman–Crippen MR) is 561 cm³/mol. The smallest absolute Gasteiger partial charge is 0.550 e. The number of carboxylic acids is 4. The van der Waals surface area contributed by atoms with Gasteiger partial charge in [0.1, 0.15) is 0 Å². The molecular formula is C118H144N10O8Y2. The monoisotopic (exact) mass is 2010 g/mol. The van der Waals surface area contributed by atoms with E-state index in [2.05, 4.69) is 315 Å². The number of hydrogen-bond donors (Lipinski definition) is 0. The summed E-state index contributed by atoms with van der Waals surface area (Å²) < 4.78 is 0. The number of aliphatic carboxylic acids is 4. The summed E-state index contributed by atoms with van der Waals surface area (Å²) in [5.41, 5.74) is 26.1. The number of nitrogens with zero attached hydrogens (tertiary/aromatic N) is 10. The third kappa shape index (κ3) is 37.7. The standard InChI is InChI=1S/2C39H48N3.4C10H13NO2.2Y/c2*1-27(2)33-21-15-22-34(28(3)4)37(33)40-39(41-38-35(29(5)6)23-16-24-36(38)30(7)8)42(25-31-17-11-9-12-18-31)26-32-19-13-10-14-20-32;4*1-11(2)9-6-4-3-5-8(9)7-10(12)13;;/h2*9-24,27-30H,25-26H2,1-8H3;4*3-6H,7H2,1-2H3,(H,12,13);;/q2*-1;;;;;2*+3/p-4. The average molecular weight is 2010 g/mol. The zero-order valence-electron chi connectivity index (χ0n) is 85.9. The van der Waals surface area contributed by atoms with Crippen LogP contribution in [0.1, 0.15) is 247 Å². The first-order valence-electron chi connectivity index (χ1n) is 47.3. The molecule has 0 heterocycles. The van der Waals surface area contributed by atoms with Gasteiger partial charge in [-0.05, 0) is 210 Å². The van der Waals surface area contributed by atoms with Crippen LogP contribution < -0.4 is 40.0 Å². The van der Waals surface area contributed by atoms with Crippen molar-refractivity contribution in [2.45, 2.75) is 210 Å². The van der Waals surface area contributed by atoms with E-state index in [9.17, 15) is 39.6 Å². The largest absolute Gasteiger partial charge is 3.00 e. The van der Waals surface area contributed by atoms with Crippen molar-refractivity contribution in [3.8, 4) is 0 Å². The summed E-state index contributed by atoms with van der Waals surface area (Å²) in [5, 5.41) is 52.8. The molecule has 18 nitrogen and oxygen atoms in total. The summed E-state index contributed by atoms with van der Waals surface area (Å²) in [7, 11) is 15.1. The Hall–Kier alpha value is -11.5. The van der Waals surface area contributed by atoms with Crippen molar-refractivity contribution >= 4 is 81.3 Å². The van der Waals surface area contributed by atoms with E-state index in [1.165, 1.54) is 66.8 Å². The molecule has 0 aliphatic rings. The Morgan fingerprint density at radius 2 is 0.406 bits per heavy atom. The fourth-order valence-electron chi connectivity index (χ4n) is 15.9. The van der Waals surface area contributed by atoms with Crippen molar-refractivity contribution in [2.24, 2.45) is 9.98 Å². The Balaban J connectivity index is 0.000000320. The van der Waals surface area contributed by atoms with Crippen LogP contribution in [0, 0.1) is 0 Å². The van der Waals surface area contributed by atoms with Gasteiger partial charge in [0.25, 0.3) is 0 Å². The molecule has 138 heavy (non-hydrogen) atoms. The molecule has 0 spiro atoms. The summed E-state index contributed by atoms with van der Waals surface area (Å²) in [6, 6.07) is 98.8. The number of anilines is 4. The van der Waals surface area contributed by atoms with Crippen molar-refractivity contribution in [3.63, 3.8) is 0 Å². The van der Waals surface area contributed by atoms with Crippen LogP contribution in [-0.2, 0) is 136 Å². The molecule has 0 unspecified atom stereocenters. The first kappa shape index (κ1) is 117. The maximum atomic E-state index is 10.4. The normalized spacial score (nSPS) is 11.0. The number of hydrogen-bond acceptors (Lipinski definition) is 14. The maximum absolute atomic E-state index is 10.4. The van der Waals surface area contributed by atoms with Gasteiger partial charge < -0.3 is 89.6 Å². The Labute approximate surface area is 875 Å². The number of carbonyl (C=O) groups is 4. The van der Waals surface area contributed by atoms with Gasteiger partial charge in [-0.3, -0.25) is 0 Å². The predicted octanol–water partition coefficient (Wildman–Crippen LogP) is 23.3. The van der Waals surface area contributed by atoms with Gasteiger partial charge >= 0.3 is 65.4 Å². The van der Waals surface area contributed by atoms with Gasteiger partial charge in [-0.25, -0.2) is 0 Å². The summed E-state index contributed by atoms with van der Waals surface area (Å²) >= 11 is 0. The van der Waals surface area contributed by atoms with Crippen molar-refractivity contribution < 1.29 is 105 Å². The van der Waals surface area contributed by atoms with E-state index in [0.29, 0.717) is 73.5 Å². The molecule has 0 saturated carbocycles. The maximum Gasteiger partial charge on any atom is 3.00 e. The molecule has 12 aromatic rings. The summed E-state index contributed by atoms with van der Waals surface area (Å²) in [5.74, 6) is 0.0641. The first-order valence-corrected chi connectivity index (χ1v) is 47.3. The molecule has 0 saturated heterocycles. The molecule has 0 fully saturated rings. The Morgan fingerprint density at radius 1 is 0.239 bits per heavy atom. The summed E-state index contributed by atoms with van der Waals surface area (Å²) in [4.78, 5) is 65.0. The van der Waals surface area contributed by atoms with Crippen molar-refractivity contribution in [1.29, 1.82) is 0 Å². The molecule has 20 heteroatoms. The number of carbonyl (C=O) groups excluding carboxylic acids is 4. The van der Waals surface area contributed by atoms with Crippen molar-refractivity contribution in [2.75, 3.05) is 76.0 Å². The van der Waals surface area contributed by atoms with Gasteiger partial charge in [-0.2, -0.15) is 0 Å². The SMILES string of the molecule is CC(C)c1cccc(C(C)C)c1N=C([N-]c1c(C(C)C)cccc1C(C)C)N(Cc1ccccc1)Cc1ccccc1.CC(C)c1cccc(C(C)C)c1N=C([N-]c1c(C(C)C)cccc1C(C)C)N(Cc1ccccc1)Cc1ccccc1.CN(C)c1ccccc1CC(=O)[O-].CN(C)c1ccccc1CC(=O)[O-].CN(C)c1ccccc1CC(=O)[O-].CN(C)c1ccccc1CC(=O)[O-].[Y+3].[Y+3]. The van der Waals surface area contributed by atoms with Crippen LogP contribution in [0.15, 0.2) is 301 Å². The first-order chi connectivity index (χ1) is 64.7. The quantitative estimate of drug-likeness (QED) is 0.0282. The van der Waals surface area contributed by atoms with Gasteiger partial charge in [-0.15, -0.1) is 0 Å². The zero-order chi connectivity index (χ0) is 99.8. The molecule has 0 bridgehead atoms. The molecule has 12 aromatic carbocycles. The van der Waals surface area contributed by atoms with Crippen LogP contribution in [-0.4, -0.2) is 102 Å². The molecule has 0 atom stereocenters. The molecule has 0 radical (unpaired) electrons. The topological polar surface area (TPSA) is 233 Å². The number of para-hydroxylation sites is 8. The molecule has 720 valence electrons. The van der Waals surface area contributed by atoms with E-state index >= 15 is 0 Å². The van der Waals surface area contributed by atoms with E-state index in [4.69, 9.17) is 20.6 Å². The second kappa shape index (κ2) is 59.7. The molecule has 0 aromatic heterocycles. The fraction of sp³-hybridized carbons (Fsp3) is 0.339. The van der Waals surface area contributed by atoms with Gasteiger partial charge in [0.05, 0.1) is 0 Å². The van der Waals surface area contributed by atoms with Crippen LogP contribution in [0.25, 0.3) is 10.6 Å². The summed E-state index contributed by atoms with van der Waals surface area (Å²) in [6.07, 6.45) is -0.134. The molecule has 0 amide bonds. The van der Waals surface area contributed by atoms with E-state index < -0.39 is 23.9 Å². The van der Waals surface area contributed by atoms with Crippen LogP contribution in [0.3, 0.4) is 0 Å². The average Bonchev–Trinajstić information content (AvgIpc) is 0.802. The number of carboxylic acid groups (broad SMARTS) is 4. The van der Waals surface area contributed by atoms with Gasteiger partial charge in [-0.1, -0.05) is 378 Å². The van der Waals surface area contributed by atoms with Crippen LogP contribution >= 0.6 is 0 Å². The van der Waals surface area contributed by atoms with E-state index in [1.54, 1.807) is 24.3 Å². The third-order valence-corrected chi connectivity index (χ3v) is 22.9. The molecular weight excluding hydrogens is 1860 g/mol. The van der Waals surface area contributed by atoms with Crippen LogP contribution in [0.2, 0.25) is 0 Å². The van der Waals surface area contributed by atoms with Crippen molar-refractivity contribution in [1.82, 2.24) is 9.80 Å². The molecule has 12 rings (SSSR count). The van der Waals surface area contributed by atoms with Gasteiger partial charge in [0, 0.05) is 141 Å². The minimum atomic E-state index is -1.05. The minimum absolute atomic E-state index is 0. The molecule has 0 aliphatic heterocycles. The molecule has 0 aliphatic carbocycles. The Kier molecular flexibility index (Phi) is 50.6. The van der Waals surface area contributed by atoms with Crippen molar-refractivity contribution in [3.05, 3.63) is 391 Å². The summed E-state index contributed by atoms with van der Waals surface area (Å²) in [6.45, 7) is 38.9. The Morgan fingerprint density at radius 3 is 0.572 bits per heavy atom. The number of guanidine groups is 2. The zero-order valence-corrected chi connectivity index (χ0v) is 91.6. The number of rotatable bonds is 32. The third-order valence-electron chi connectivity index (χ3n) is 22.9. The second-order valence-corrected chi connectivity index (χ2v) is 37.4.